The van der Waals surface area contributed by atoms with Gasteiger partial charge in [-0.25, -0.2) is 0 Å². The highest BCUT2D eigenvalue weighted by Crippen LogP contribution is 2.27. The van der Waals surface area contributed by atoms with E-state index >= 15 is 0 Å². The summed E-state index contributed by atoms with van der Waals surface area (Å²) in [5.74, 6) is -0.502. The molecule has 1 saturated heterocycles. The van der Waals surface area contributed by atoms with Crippen LogP contribution in [0.1, 0.15) is 19.8 Å². The van der Waals surface area contributed by atoms with Gasteiger partial charge in [-0.15, -0.1) is 0 Å². The first kappa shape index (κ1) is 15.3. The van der Waals surface area contributed by atoms with Crippen LogP contribution in [-0.4, -0.2) is 27.6 Å². The van der Waals surface area contributed by atoms with Crippen LogP contribution in [0, 0.1) is 5.92 Å². The maximum atomic E-state index is 12.5. The van der Waals surface area contributed by atoms with E-state index in [1.807, 2.05) is 44.3 Å². The molecule has 0 saturated carbocycles. The molecule has 1 aliphatic rings. The molecule has 2 aromatic rings. The van der Waals surface area contributed by atoms with Gasteiger partial charge in [0.15, 0.2) is 0 Å². The number of anilines is 1. The molecule has 6 nitrogen and oxygen atoms in total. The van der Waals surface area contributed by atoms with Crippen molar-refractivity contribution in [2.45, 2.75) is 25.8 Å². The summed E-state index contributed by atoms with van der Waals surface area (Å²) < 4.78 is 1.67. The zero-order chi connectivity index (χ0) is 16.4. The molecule has 0 spiro atoms. The van der Waals surface area contributed by atoms with E-state index in [-0.39, 0.29) is 30.2 Å². The van der Waals surface area contributed by atoms with E-state index in [4.69, 9.17) is 0 Å². The SMILES string of the molecule is C[C@@H]1C[C@H](C(=O)Nc2cn(C)nc2-c2ccccc2)CC(=O)N1. The largest absolute Gasteiger partial charge is 0.354 e. The van der Waals surface area contributed by atoms with E-state index in [0.717, 1.165) is 11.3 Å². The minimum atomic E-state index is -0.303. The van der Waals surface area contributed by atoms with Crippen molar-refractivity contribution in [3.05, 3.63) is 36.5 Å². The number of benzene rings is 1. The van der Waals surface area contributed by atoms with Gasteiger partial charge < -0.3 is 10.6 Å². The zero-order valence-corrected chi connectivity index (χ0v) is 13.2. The summed E-state index contributed by atoms with van der Waals surface area (Å²) in [4.78, 5) is 24.1. The highest BCUT2D eigenvalue weighted by Gasteiger charge is 2.30. The predicted molar refractivity (Wildman–Crippen MR) is 87.6 cm³/mol. The summed E-state index contributed by atoms with van der Waals surface area (Å²) >= 11 is 0. The molecule has 2 atom stereocenters. The maximum absolute atomic E-state index is 12.5. The van der Waals surface area contributed by atoms with Gasteiger partial charge in [0.05, 0.1) is 5.69 Å². The number of rotatable bonds is 3. The van der Waals surface area contributed by atoms with Crippen LogP contribution in [0.3, 0.4) is 0 Å². The lowest BCUT2D eigenvalue weighted by molar-refractivity contribution is -0.130. The van der Waals surface area contributed by atoms with Crippen LogP contribution in [0.25, 0.3) is 11.3 Å². The molecule has 1 fully saturated rings. The van der Waals surface area contributed by atoms with Crippen molar-refractivity contribution < 1.29 is 9.59 Å². The molecule has 0 unspecified atom stereocenters. The maximum Gasteiger partial charge on any atom is 0.228 e. The second-order valence-electron chi connectivity index (χ2n) is 6.03. The van der Waals surface area contributed by atoms with Gasteiger partial charge in [0.2, 0.25) is 11.8 Å². The van der Waals surface area contributed by atoms with Crippen LogP contribution in [0.5, 0.6) is 0 Å². The average molecular weight is 312 g/mol. The molecule has 23 heavy (non-hydrogen) atoms. The van der Waals surface area contributed by atoms with E-state index in [1.54, 1.807) is 10.9 Å². The predicted octanol–water partition coefficient (Wildman–Crippen LogP) is 1.94. The molecular weight excluding hydrogens is 292 g/mol. The van der Waals surface area contributed by atoms with Crippen LogP contribution < -0.4 is 10.6 Å². The fraction of sp³-hybridized carbons (Fsp3) is 0.353. The van der Waals surface area contributed by atoms with Crippen molar-refractivity contribution in [3.8, 4) is 11.3 Å². The van der Waals surface area contributed by atoms with Gasteiger partial charge in [0, 0.05) is 37.2 Å². The Hall–Kier alpha value is -2.63. The summed E-state index contributed by atoms with van der Waals surface area (Å²) in [5.41, 5.74) is 2.34. The molecule has 2 heterocycles. The normalized spacial score (nSPS) is 20.9. The number of carbonyl (C=O) groups excluding carboxylic acids is 2. The molecule has 1 aromatic carbocycles. The molecule has 120 valence electrons. The first-order valence-corrected chi connectivity index (χ1v) is 7.72. The first-order valence-electron chi connectivity index (χ1n) is 7.72. The topological polar surface area (TPSA) is 76.0 Å². The number of aryl methyl sites for hydroxylation is 1. The Labute approximate surface area is 134 Å². The van der Waals surface area contributed by atoms with Crippen molar-refractivity contribution in [1.29, 1.82) is 0 Å². The number of nitrogens with zero attached hydrogens (tertiary/aromatic N) is 2. The summed E-state index contributed by atoms with van der Waals surface area (Å²) in [5, 5.41) is 10.2. The molecule has 6 heteroatoms. The molecular formula is C17H20N4O2. The average Bonchev–Trinajstić information content (AvgIpc) is 2.87. The molecule has 0 radical (unpaired) electrons. The van der Waals surface area contributed by atoms with Crippen molar-refractivity contribution in [2.24, 2.45) is 13.0 Å². The van der Waals surface area contributed by atoms with Crippen LogP contribution in [0.4, 0.5) is 5.69 Å². The van der Waals surface area contributed by atoms with Crippen molar-refractivity contribution >= 4 is 17.5 Å². The number of aromatic nitrogens is 2. The fourth-order valence-electron chi connectivity index (χ4n) is 2.95. The molecule has 0 bridgehead atoms. The molecule has 0 aliphatic carbocycles. The third kappa shape index (κ3) is 3.41. The van der Waals surface area contributed by atoms with Crippen LogP contribution >= 0.6 is 0 Å². The molecule has 1 aliphatic heterocycles. The Morgan fingerprint density at radius 1 is 1.35 bits per heavy atom. The Morgan fingerprint density at radius 3 is 2.78 bits per heavy atom. The fourth-order valence-corrected chi connectivity index (χ4v) is 2.95. The van der Waals surface area contributed by atoms with Crippen LogP contribution in [-0.2, 0) is 16.6 Å². The van der Waals surface area contributed by atoms with Crippen molar-refractivity contribution in [1.82, 2.24) is 15.1 Å². The van der Waals surface area contributed by atoms with Gasteiger partial charge in [-0.2, -0.15) is 5.10 Å². The lowest BCUT2D eigenvalue weighted by Gasteiger charge is -2.26. The number of piperidine rings is 1. The van der Waals surface area contributed by atoms with E-state index in [0.29, 0.717) is 12.1 Å². The Morgan fingerprint density at radius 2 is 2.09 bits per heavy atom. The lowest BCUT2D eigenvalue weighted by atomic mass is 9.92. The van der Waals surface area contributed by atoms with E-state index in [9.17, 15) is 9.59 Å². The van der Waals surface area contributed by atoms with Gasteiger partial charge >= 0.3 is 0 Å². The van der Waals surface area contributed by atoms with Gasteiger partial charge in [0.25, 0.3) is 0 Å². The summed E-state index contributed by atoms with van der Waals surface area (Å²) in [6.07, 6.45) is 2.67. The smallest absolute Gasteiger partial charge is 0.228 e. The van der Waals surface area contributed by atoms with Crippen molar-refractivity contribution in [2.75, 3.05) is 5.32 Å². The molecule has 2 amide bonds. The van der Waals surface area contributed by atoms with Gasteiger partial charge in [-0.1, -0.05) is 30.3 Å². The van der Waals surface area contributed by atoms with E-state index in [2.05, 4.69) is 15.7 Å². The Kier molecular flexibility index (Phi) is 4.14. The monoisotopic (exact) mass is 312 g/mol. The van der Waals surface area contributed by atoms with E-state index < -0.39 is 0 Å². The van der Waals surface area contributed by atoms with Crippen LogP contribution in [0.15, 0.2) is 36.5 Å². The Bertz CT molecular complexity index is 723. The Balaban J connectivity index is 1.80. The molecule has 3 rings (SSSR count). The van der Waals surface area contributed by atoms with E-state index in [1.165, 1.54) is 0 Å². The van der Waals surface area contributed by atoms with Gasteiger partial charge in [0.1, 0.15) is 5.69 Å². The third-order valence-electron chi connectivity index (χ3n) is 3.98. The summed E-state index contributed by atoms with van der Waals surface area (Å²) in [6, 6.07) is 9.73. The minimum Gasteiger partial charge on any atom is -0.354 e. The number of carbonyl (C=O) groups is 2. The van der Waals surface area contributed by atoms with Gasteiger partial charge in [-0.05, 0) is 13.3 Å². The molecule has 2 N–H and O–H groups in total. The van der Waals surface area contributed by atoms with Gasteiger partial charge in [-0.3, -0.25) is 14.3 Å². The lowest BCUT2D eigenvalue weighted by Crippen LogP contribution is -2.44. The molecule has 1 aromatic heterocycles. The second-order valence-corrected chi connectivity index (χ2v) is 6.03. The third-order valence-corrected chi connectivity index (χ3v) is 3.98. The number of hydrogen-bond acceptors (Lipinski definition) is 3. The highest BCUT2D eigenvalue weighted by atomic mass is 16.2. The summed E-state index contributed by atoms with van der Waals surface area (Å²) in [7, 11) is 1.82. The number of nitrogens with one attached hydrogen (secondary N) is 2. The first-order chi connectivity index (χ1) is 11.0. The zero-order valence-electron chi connectivity index (χ0n) is 13.2. The quantitative estimate of drug-likeness (QED) is 0.909. The summed E-state index contributed by atoms with van der Waals surface area (Å²) in [6.45, 7) is 1.91. The standard InChI is InChI=1S/C17H20N4O2/c1-11-8-13(9-15(22)18-11)17(23)19-14-10-21(2)20-16(14)12-6-4-3-5-7-12/h3-7,10-11,13H,8-9H2,1-2H3,(H,18,22)(H,19,23)/t11-,13+/m1/s1. The van der Waals surface area contributed by atoms with Crippen LogP contribution in [0.2, 0.25) is 0 Å². The minimum absolute atomic E-state index is 0.0227. The van der Waals surface area contributed by atoms with Crippen molar-refractivity contribution in [3.63, 3.8) is 0 Å². The highest BCUT2D eigenvalue weighted by molar-refractivity contribution is 5.98. The second kappa shape index (κ2) is 6.24. The number of hydrogen-bond donors (Lipinski definition) is 2. The number of amides is 2.